The molecule has 1 aromatic heterocycles. The number of hydrogen-bond donors (Lipinski definition) is 2. The average Bonchev–Trinajstić information content (AvgIpc) is 2.88. The summed E-state index contributed by atoms with van der Waals surface area (Å²) in [5, 5.41) is 10.3. The van der Waals surface area contributed by atoms with E-state index in [4.69, 9.17) is 23.2 Å². The van der Waals surface area contributed by atoms with E-state index in [0.717, 1.165) is 12.1 Å². The quantitative estimate of drug-likeness (QED) is 0.841. The number of anilines is 1. The molecule has 6 heteroatoms. The Morgan fingerprint density at radius 2 is 2.25 bits per heavy atom. The van der Waals surface area contributed by atoms with Crippen molar-refractivity contribution in [3.8, 4) is 0 Å². The number of halogens is 2. The van der Waals surface area contributed by atoms with Crippen LogP contribution in [-0.4, -0.2) is 16.1 Å². The van der Waals surface area contributed by atoms with Gasteiger partial charge < -0.3 is 5.32 Å². The van der Waals surface area contributed by atoms with Gasteiger partial charge in [-0.25, -0.2) is 0 Å². The number of rotatable bonds is 4. The molecule has 1 aromatic carbocycles. The highest BCUT2D eigenvalue weighted by atomic mass is 35.5. The van der Waals surface area contributed by atoms with Crippen LogP contribution in [0.15, 0.2) is 30.3 Å². The molecule has 0 saturated heterocycles. The molecular formula is C14H13Cl2N3O. The van der Waals surface area contributed by atoms with Gasteiger partial charge in [0.2, 0.25) is 5.91 Å². The van der Waals surface area contributed by atoms with E-state index in [2.05, 4.69) is 15.5 Å². The Kier molecular flexibility index (Phi) is 4.82. The first-order valence-electron chi connectivity index (χ1n) is 6.07. The molecule has 0 aliphatic heterocycles. The summed E-state index contributed by atoms with van der Waals surface area (Å²) >= 11 is 11.9. The number of nitrogens with zero attached hydrogens (tertiary/aromatic N) is 1. The van der Waals surface area contributed by atoms with Crippen LogP contribution in [0.4, 0.5) is 5.82 Å². The van der Waals surface area contributed by atoms with E-state index in [9.17, 15) is 4.79 Å². The normalized spacial score (nSPS) is 10.9. The van der Waals surface area contributed by atoms with Crippen LogP contribution in [0.2, 0.25) is 10.0 Å². The van der Waals surface area contributed by atoms with Crippen molar-refractivity contribution in [2.75, 3.05) is 5.32 Å². The Bertz CT molecular complexity index is 650. The van der Waals surface area contributed by atoms with E-state index >= 15 is 0 Å². The molecule has 0 saturated carbocycles. The summed E-state index contributed by atoms with van der Waals surface area (Å²) in [5.41, 5.74) is 1.65. The Labute approximate surface area is 126 Å². The van der Waals surface area contributed by atoms with E-state index in [1.165, 1.54) is 6.08 Å². The third-order valence-electron chi connectivity index (χ3n) is 2.66. The SMILES string of the molecule is CCc1cc(NC(=O)/C=C/c2cccc(Cl)c2Cl)n[nH]1. The monoisotopic (exact) mass is 309 g/mol. The standard InChI is InChI=1S/C14H13Cl2N3O/c1-2-10-8-12(19-18-10)17-13(20)7-6-9-4-3-5-11(15)14(9)16/h3-8H,2H2,1H3,(H2,17,18,19,20)/b7-6+. The predicted octanol–water partition coefficient (Wildman–Crippen LogP) is 3.93. The zero-order chi connectivity index (χ0) is 14.5. The van der Waals surface area contributed by atoms with Gasteiger partial charge in [0.1, 0.15) is 0 Å². The first-order chi connectivity index (χ1) is 9.60. The van der Waals surface area contributed by atoms with Gasteiger partial charge in [0.25, 0.3) is 0 Å². The minimum atomic E-state index is -0.282. The van der Waals surface area contributed by atoms with Crippen LogP contribution < -0.4 is 5.32 Å². The molecule has 2 rings (SSSR count). The van der Waals surface area contributed by atoms with Crippen LogP contribution in [-0.2, 0) is 11.2 Å². The van der Waals surface area contributed by atoms with Gasteiger partial charge in [-0.2, -0.15) is 5.10 Å². The molecule has 20 heavy (non-hydrogen) atoms. The predicted molar refractivity (Wildman–Crippen MR) is 82.1 cm³/mol. The fourth-order valence-electron chi connectivity index (χ4n) is 1.59. The Morgan fingerprint density at radius 1 is 1.45 bits per heavy atom. The number of nitrogens with one attached hydrogen (secondary N) is 2. The topological polar surface area (TPSA) is 57.8 Å². The van der Waals surface area contributed by atoms with E-state index in [1.807, 2.05) is 6.92 Å². The van der Waals surface area contributed by atoms with Gasteiger partial charge in [0.15, 0.2) is 5.82 Å². The molecule has 0 spiro atoms. The van der Waals surface area contributed by atoms with E-state index in [0.29, 0.717) is 21.4 Å². The summed E-state index contributed by atoms with van der Waals surface area (Å²) in [5.74, 6) is 0.212. The average molecular weight is 310 g/mol. The lowest BCUT2D eigenvalue weighted by Crippen LogP contribution is -2.07. The maximum Gasteiger partial charge on any atom is 0.249 e. The lowest BCUT2D eigenvalue weighted by molar-refractivity contribution is -0.111. The molecule has 104 valence electrons. The van der Waals surface area contributed by atoms with Crippen molar-refractivity contribution in [1.29, 1.82) is 0 Å². The van der Waals surface area contributed by atoms with Crippen LogP contribution in [0.25, 0.3) is 6.08 Å². The fourth-order valence-corrected chi connectivity index (χ4v) is 1.96. The number of aryl methyl sites for hydroxylation is 1. The highest BCUT2D eigenvalue weighted by Gasteiger charge is 2.04. The van der Waals surface area contributed by atoms with Gasteiger partial charge in [-0.3, -0.25) is 9.89 Å². The number of hydrogen-bond acceptors (Lipinski definition) is 2. The van der Waals surface area contributed by atoms with Gasteiger partial charge in [-0.1, -0.05) is 42.3 Å². The number of benzene rings is 1. The highest BCUT2D eigenvalue weighted by molar-refractivity contribution is 6.42. The van der Waals surface area contributed by atoms with Crippen molar-refractivity contribution >= 4 is 41.0 Å². The van der Waals surface area contributed by atoms with E-state index in [-0.39, 0.29) is 5.91 Å². The van der Waals surface area contributed by atoms with Gasteiger partial charge in [0, 0.05) is 17.8 Å². The minimum absolute atomic E-state index is 0.282. The van der Waals surface area contributed by atoms with Gasteiger partial charge >= 0.3 is 0 Å². The second-order valence-electron chi connectivity index (χ2n) is 4.10. The Balaban J connectivity index is 2.04. The zero-order valence-electron chi connectivity index (χ0n) is 10.8. The minimum Gasteiger partial charge on any atom is -0.306 e. The van der Waals surface area contributed by atoms with Crippen molar-refractivity contribution in [3.05, 3.63) is 51.6 Å². The molecule has 0 radical (unpaired) electrons. The summed E-state index contributed by atoms with van der Waals surface area (Å²) in [6, 6.07) is 7.03. The first-order valence-corrected chi connectivity index (χ1v) is 6.83. The number of aromatic nitrogens is 2. The van der Waals surface area contributed by atoms with Crippen LogP contribution >= 0.6 is 23.2 Å². The molecule has 0 aliphatic carbocycles. The molecule has 0 aliphatic rings. The summed E-state index contributed by atoms with van der Waals surface area (Å²) < 4.78 is 0. The zero-order valence-corrected chi connectivity index (χ0v) is 12.3. The Morgan fingerprint density at radius 3 is 2.95 bits per heavy atom. The smallest absolute Gasteiger partial charge is 0.249 e. The van der Waals surface area contributed by atoms with Crippen molar-refractivity contribution in [1.82, 2.24) is 10.2 Å². The van der Waals surface area contributed by atoms with E-state index in [1.54, 1.807) is 30.3 Å². The number of carbonyl (C=O) groups excluding carboxylic acids is 1. The maximum absolute atomic E-state index is 11.8. The number of H-pyrrole nitrogens is 1. The van der Waals surface area contributed by atoms with Crippen molar-refractivity contribution in [2.45, 2.75) is 13.3 Å². The maximum atomic E-state index is 11.8. The lowest BCUT2D eigenvalue weighted by Gasteiger charge is -2.00. The van der Waals surface area contributed by atoms with Gasteiger partial charge in [-0.15, -0.1) is 0 Å². The molecule has 0 fully saturated rings. The van der Waals surface area contributed by atoms with Gasteiger partial charge in [0.05, 0.1) is 10.0 Å². The molecule has 4 nitrogen and oxygen atoms in total. The second kappa shape index (κ2) is 6.59. The second-order valence-corrected chi connectivity index (χ2v) is 4.88. The third-order valence-corrected chi connectivity index (χ3v) is 3.49. The molecule has 2 N–H and O–H groups in total. The number of carbonyl (C=O) groups is 1. The van der Waals surface area contributed by atoms with E-state index < -0.39 is 0 Å². The van der Waals surface area contributed by atoms with Crippen LogP contribution in [0.1, 0.15) is 18.2 Å². The fraction of sp³-hybridized carbons (Fsp3) is 0.143. The first kappa shape index (κ1) is 14.6. The molecule has 1 heterocycles. The lowest BCUT2D eigenvalue weighted by atomic mass is 10.2. The molecule has 1 amide bonds. The van der Waals surface area contributed by atoms with Crippen molar-refractivity contribution < 1.29 is 4.79 Å². The molecule has 0 unspecified atom stereocenters. The summed E-state index contributed by atoms with van der Waals surface area (Å²) in [6.07, 6.45) is 3.83. The Hall–Kier alpha value is -1.78. The van der Waals surface area contributed by atoms with Crippen molar-refractivity contribution in [3.63, 3.8) is 0 Å². The molecule has 0 atom stereocenters. The third kappa shape index (κ3) is 3.62. The molecular weight excluding hydrogens is 297 g/mol. The molecule has 0 bridgehead atoms. The highest BCUT2D eigenvalue weighted by Crippen LogP contribution is 2.26. The summed E-state index contributed by atoms with van der Waals surface area (Å²) in [6.45, 7) is 2.00. The molecule has 2 aromatic rings. The van der Waals surface area contributed by atoms with Crippen LogP contribution in [0.5, 0.6) is 0 Å². The van der Waals surface area contributed by atoms with Crippen molar-refractivity contribution in [2.24, 2.45) is 0 Å². The summed E-state index contributed by atoms with van der Waals surface area (Å²) in [7, 11) is 0. The number of aromatic amines is 1. The number of amides is 1. The summed E-state index contributed by atoms with van der Waals surface area (Å²) in [4.78, 5) is 11.8. The van der Waals surface area contributed by atoms with Crippen LogP contribution in [0.3, 0.4) is 0 Å². The van der Waals surface area contributed by atoms with Gasteiger partial charge in [-0.05, 0) is 24.1 Å². The largest absolute Gasteiger partial charge is 0.306 e. The van der Waals surface area contributed by atoms with Crippen LogP contribution in [0, 0.1) is 0 Å².